The summed E-state index contributed by atoms with van der Waals surface area (Å²) in [5.41, 5.74) is 0. The molecule has 76 valence electrons. The molecule has 0 spiro atoms. The van der Waals surface area contributed by atoms with Crippen molar-refractivity contribution in [2.24, 2.45) is 0 Å². The summed E-state index contributed by atoms with van der Waals surface area (Å²) >= 11 is 0. The standard InChI is InChI=1S/C12H23N/c1-6-8-10-12(4)13(5)11(3)9-7-2/h7-12H,6H2,1-5H3/b9-7-,10-8-. The maximum absolute atomic E-state index is 2.35. The molecule has 0 aromatic rings. The van der Waals surface area contributed by atoms with Gasteiger partial charge in [-0.05, 0) is 34.2 Å². The van der Waals surface area contributed by atoms with Gasteiger partial charge in [0.1, 0.15) is 0 Å². The van der Waals surface area contributed by atoms with E-state index in [2.05, 4.69) is 63.9 Å². The molecule has 0 bridgehead atoms. The van der Waals surface area contributed by atoms with Gasteiger partial charge in [-0.2, -0.15) is 0 Å². The number of hydrogen-bond acceptors (Lipinski definition) is 1. The van der Waals surface area contributed by atoms with E-state index in [1.807, 2.05) is 0 Å². The Morgan fingerprint density at radius 3 is 2.15 bits per heavy atom. The molecule has 0 aliphatic rings. The summed E-state index contributed by atoms with van der Waals surface area (Å²) in [6, 6.07) is 1.03. The van der Waals surface area contributed by atoms with Gasteiger partial charge in [-0.15, -0.1) is 0 Å². The van der Waals surface area contributed by atoms with Crippen molar-refractivity contribution in [3.63, 3.8) is 0 Å². The molecule has 0 rings (SSSR count). The maximum Gasteiger partial charge on any atom is 0.0252 e. The Bertz CT molecular complexity index is 170. The highest BCUT2D eigenvalue weighted by Crippen LogP contribution is 2.05. The molecule has 0 aromatic heterocycles. The van der Waals surface area contributed by atoms with Crippen molar-refractivity contribution < 1.29 is 0 Å². The van der Waals surface area contributed by atoms with Gasteiger partial charge in [0.05, 0.1) is 0 Å². The summed E-state index contributed by atoms with van der Waals surface area (Å²) in [4.78, 5) is 2.35. The molecule has 0 aromatic carbocycles. The minimum absolute atomic E-state index is 0.515. The third-order valence-electron chi connectivity index (χ3n) is 2.41. The van der Waals surface area contributed by atoms with Crippen molar-refractivity contribution in [2.45, 2.75) is 46.2 Å². The lowest BCUT2D eigenvalue weighted by molar-refractivity contribution is 0.262. The Kier molecular flexibility index (Phi) is 6.61. The lowest BCUT2D eigenvalue weighted by Gasteiger charge is -2.26. The van der Waals surface area contributed by atoms with Gasteiger partial charge in [-0.25, -0.2) is 0 Å². The van der Waals surface area contributed by atoms with Crippen LogP contribution in [0.4, 0.5) is 0 Å². The second kappa shape index (κ2) is 6.90. The second-order valence-corrected chi connectivity index (χ2v) is 3.51. The number of allylic oxidation sites excluding steroid dienone is 2. The van der Waals surface area contributed by atoms with Crippen LogP contribution >= 0.6 is 0 Å². The summed E-state index contributed by atoms with van der Waals surface area (Å²) in [6.45, 7) is 8.68. The molecule has 1 heteroatoms. The van der Waals surface area contributed by atoms with E-state index in [1.165, 1.54) is 0 Å². The molecule has 0 saturated carbocycles. The number of likely N-dealkylation sites (N-methyl/N-ethyl adjacent to an activating group) is 1. The van der Waals surface area contributed by atoms with Crippen molar-refractivity contribution in [1.29, 1.82) is 0 Å². The Morgan fingerprint density at radius 1 is 1.15 bits per heavy atom. The smallest absolute Gasteiger partial charge is 0.0252 e. The van der Waals surface area contributed by atoms with Crippen molar-refractivity contribution in [3.8, 4) is 0 Å². The van der Waals surface area contributed by atoms with E-state index < -0.39 is 0 Å². The Hall–Kier alpha value is -0.560. The maximum atomic E-state index is 2.35. The summed E-state index contributed by atoms with van der Waals surface area (Å²) in [5.74, 6) is 0. The van der Waals surface area contributed by atoms with Gasteiger partial charge in [0, 0.05) is 12.1 Å². The van der Waals surface area contributed by atoms with E-state index in [0.29, 0.717) is 12.1 Å². The van der Waals surface area contributed by atoms with Gasteiger partial charge in [0.2, 0.25) is 0 Å². The molecule has 0 fully saturated rings. The zero-order chi connectivity index (χ0) is 10.3. The first kappa shape index (κ1) is 12.4. The predicted octanol–water partition coefficient (Wildman–Crippen LogP) is 3.24. The fourth-order valence-electron chi connectivity index (χ4n) is 1.25. The van der Waals surface area contributed by atoms with Crippen LogP contribution in [0, 0.1) is 0 Å². The zero-order valence-electron chi connectivity index (χ0n) is 9.62. The van der Waals surface area contributed by atoms with Crippen molar-refractivity contribution in [2.75, 3.05) is 7.05 Å². The van der Waals surface area contributed by atoms with E-state index >= 15 is 0 Å². The van der Waals surface area contributed by atoms with Crippen molar-refractivity contribution >= 4 is 0 Å². The lowest BCUT2D eigenvalue weighted by Crippen LogP contribution is -2.34. The summed E-state index contributed by atoms with van der Waals surface area (Å²) in [6.07, 6.45) is 9.94. The van der Waals surface area contributed by atoms with Gasteiger partial charge in [0.15, 0.2) is 0 Å². The van der Waals surface area contributed by atoms with Crippen molar-refractivity contribution in [1.82, 2.24) is 4.90 Å². The van der Waals surface area contributed by atoms with E-state index in [9.17, 15) is 0 Å². The van der Waals surface area contributed by atoms with Crippen LogP contribution in [0.25, 0.3) is 0 Å². The molecular formula is C12H23N. The molecule has 0 aliphatic carbocycles. The van der Waals surface area contributed by atoms with Gasteiger partial charge < -0.3 is 0 Å². The van der Waals surface area contributed by atoms with Crippen LogP contribution in [0.5, 0.6) is 0 Å². The minimum atomic E-state index is 0.515. The summed E-state index contributed by atoms with van der Waals surface area (Å²) in [5, 5.41) is 0. The Balaban J connectivity index is 4.07. The van der Waals surface area contributed by atoms with Crippen LogP contribution in [0.1, 0.15) is 34.1 Å². The van der Waals surface area contributed by atoms with Crippen molar-refractivity contribution in [3.05, 3.63) is 24.3 Å². The van der Waals surface area contributed by atoms with Crippen LogP contribution in [-0.4, -0.2) is 24.0 Å². The lowest BCUT2D eigenvalue weighted by atomic mass is 10.2. The van der Waals surface area contributed by atoms with Crippen LogP contribution in [0.3, 0.4) is 0 Å². The molecule has 0 heterocycles. The minimum Gasteiger partial charge on any atom is -0.294 e. The van der Waals surface area contributed by atoms with E-state index in [-0.39, 0.29) is 0 Å². The van der Waals surface area contributed by atoms with Crippen LogP contribution in [-0.2, 0) is 0 Å². The average molecular weight is 181 g/mol. The van der Waals surface area contributed by atoms with E-state index in [4.69, 9.17) is 0 Å². The third kappa shape index (κ3) is 4.89. The molecule has 13 heavy (non-hydrogen) atoms. The summed E-state index contributed by atoms with van der Waals surface area (Å²) < 4.78 is 0. The highest BCUT2D eigenvalue weighted by Gasteiger charge is 2.09. The van der Waals surface area contributed by atoms with Gasteiger partial charge in [-0.3, -0.25) is 4.90 Å². The normalized spacial score (nSPS) is 17.4. The van der Waals surface area contributed by atoms with Gasteiger partial charge in [-0.1, -0.05) is 31.2 Å². The highest BCUT2D eigenvalue weighted by atomic mass is 15.1. The number of rotatable bonds is 5. The fourth-order valence-corrected chi connectivity index (χ4v) is 1.25. The van der Waals surface area contributed by atoms with Crippen LogP contribution in [0.2, 0.25) is 0 Å². The molecule has 0 amide bonds. The van der Waals surface area contributed by atoms with E-state index in [1.54, 1.807) is 0 Å². The topological polar surface area (TPSA) is 3.24 Å². The average Bonchev–Trinajstić information content (AvgIpc) is 2.13. The zero-order valence-corrected chi connectivity index (χ0v) is 9.62. The molecule has 0 saturated heterocycles. The third-order valence-corrected chi connectivity index (χ3v) is 2.41. The molecule has 0 radical (unpaired) electrons. The first-order valence-electron chi connectivity index (χ1n) is 5.14. The largest absolute Gasteiger partial charge is 0.294 e. The molecule has 2 atom stereocenters. The summed E-state index contributed by atoms with van der Waals surface area (Å²) in [7, 11) is 2.16. The molecular weight excluding hydrogens is 158 g/mol. The van der Waals surface area contributed by atoms with Crippen LogP contribution in [0.15, 0.2) is 24.3 Å². The first-order chi connectivity index (χ1) is 6.13. The molecule has 0 aliphatic heterocycles. The quantitative estimate of drug-likeness (QED) is 0.589. The number of hydrogen-bond donors (Lipinski definition) is 0. The first-order valence-corrected chi connectivity index (χ1v) is 5.14. The van der Waals surface area contributed by atoms with Crippen LogP contribution < -0.4 is 0 Å². The SMILES string of the molecule is C/C=C\C(C)N(C)C(C)/C=C\CC. The Labute approximate surface area is 83.1 Å². The second-order valence-electron chi connectivity index (χ2n) is 3.51. The van der Waals surface area contributed by atoms with Gasteiger partial charge in [0.25, 0.3) is 0 Å². The monoisotopic (exact) mass is 181 g/mol. The fraction of sp³-hybridized carbons (Fsp3) is 0.667. The van der Waals surface area contributed by atoms with Gasteiger partial charge >= 0.3 is 0 Å². The number of nitrogens with zero attached hydrogens (tertiary/aromatic N) is 1. The molecule has 2 unspecified atom stereocenters. The highest BCUT2D eigenvalue weighted by molar-refractivity contribution is 4.96. The molecule has 1 nitrogen and oxygen atoms in total. The molecule has 0 N–H and O–H groups in total. The Morgan fingerprint density at radius 2 is 1.69 bits per heavy atom. The predicted molar refractivity (Wildman–Crippen MR) is 60.9 cm³/mol. The van der Waals surface area contributed by atoms with E-state index in [0.717, 1.165) is 6.42 Å².